The molecule has 0 aliphatic carbocycles. The molecule has 6 heterocycles. The minimum absolute atomic E-state index is 0.00623. The molecule has 6 aliphatic heterocycles. The van der Waals surface area contributed by atoms with Crippen LogP contribution in [0.15, 0.2) is 47.3 Å². The number of rotatable bonds is 3. The first-order chi connectivity index (χ1) is 18.8. The molecule has 39 heavy (non-hydrogen) atoms. The normalized spacial score (nSPS) is 44.9. The van der Waals surface area contributed by atoms with Gasteiger partial charge in [0.15, 0.2) is 18.9 Å². The SMILES string of the molecule is C=C[C@H]1[C@H](O[C@@H]2O[C@@H]3CO[C@H]4O[C@H](O[C@H]3[C@H](O)[C@H]2O)C(=CC)C2=C4C(=O)OCC2)OC=C2C(=O)OCC[C@]21O. The third kappa shape index (κ3) is 4.24. The number of allylic oxidation sites excluding steroid dienone is 1. The van der Waals surface area contributed by atoms with Gasteiger partial charge in [0.25, 0.3) is 0 Å². The molecule has 0 aromatic rings. The molecule has 0 unspecified atom stereocenters. The second kappa shape index (κ2) is 10.1. The Labute approximate surface area is 223 Å². The van der Waals surface area contributed by atoms with E-state index in [0.29, 0.717) is 17.6 Å². The highest BCUT2D eigenvalue weighted by Crippen LogP contribution is 2.43. The van der Waals surface area contributed by atoms with Crippen LogP contribution in [0.1, 0.15) is 19.8 Å². The van der Waals surface area contributed by atoms with Crippen molar-refractivity contribution >= 4 is 11.9 Å². The minimum atomic E-state index is -1.66. The molecule has 0 spiro atoms. The Balaban J connectivity index is 1.24. The third-order valence-corrected chi connectivity index (χ3v) is 7.95. The Morgan fingerprint density at radius 3 is 2.62 bits per heavy atom. The third-order valence-electron chi connectivity index (χ3n) is 7.95. The summed E-state index contributed by atoms with van der Waals surface area (Å²) in [6, 6.07) is 0. The van der Waals surface area contributed by atoms with E-state index in [2.05, 4.69) is 6.58 Å². The molecule has 0 aromatic carbocycles. The summed E-state index contributed by atoms with van der Waals surface area (Å²) in [7, 11) is 0. The van der Waals surface area contributed by atoms with E-state index in [9.17, 15) is 24.9 Å². The van der Waals surface area contributed by atoms with Crippen LogP contribution in [0, 0.1) is 5.92 Å². The van der Waals surface area contributed by atoms with E-state index in [0.717, 1.165) is 6.26 Å². The van der Waals surface area contributed by atoms with Gasteiger partial charge in [-0.05, 0) is 12.5 Å². The van der Waals surface area contributed by atoms with Gasteiger partial charge < -0.3 is 53.2 Å². The molecule has 10 atom stereocenters. The summed E-state index contributed by atoms with van der Waals surface area (Å²) in [5.74, 6) is -2.17. The van der Waals surface area contributed by atoms with Gasteiger partial charge in [0.2, 0.25) is 6.29 Å². The van der Waals surface area contributed by atoms with E-state index in [1.807, 2.05) is 0 Å². The lowest BCUT2D eigenvalue weighted by Gasteiger charge is -2.49. The number of aliphatic hydroxyl groups excluding tert-OH is 2. The van der Waals surface area contributed by atoms with Crippen molar-refractivity contribution in [1.29, 1.82) is 0 Å². The van der Waals surface area contributed by atoms with E-state index < -0.39 is 73.0 Å². The van der Waals surface area contributed by atoms with Gasteiger partial charge in [0, 0.05) is 18.4 Å². The highest BCUT2D eigenvalue weighted by Gasteiger charge is 2.56. The molecule has 0 aromatic heterocycles. The van der Waals surface area contributed by atoms with E-state index in [1.54, 1.807) is 13.0 Å². The Bertz CT molecular complexity index is 1140. The zero-order chi connectivity index (χ0) is 27.5. The molecule has 6 aliphatic rings. The molecule has 2 bridgehead atoms. The van der Waals surface area contributed by atoms with E-state index in [1.165, 1.54) is 6.08 Å². The summed E-state index contributed by atoms with van der Waals surface area (Å²) >= 11 is 0. The number of fused-ring (bicyclic) bond motifs is 5. The maximum absolute atomic E-state index is 12.5. The van der Waals surface area contributed by atoms with Crippen molar-refractivity contribution in [3.63, 3.8) is 0 Å². The highest BCUT2D eigenvalue weighted by molar-refractivity contribution is 5.92. The largest absolute Gasteiger partial charge is 0.471 e. The maximum Gasteiger partial charge on any atom is 0.340 e. The number of aliphatic hydroxyl groups is 3. The highest BCUT2D eigenvalue weighted by atomic mass is 16.8. The predicted octanol–water partition coefficient (Wildman–Crippen LogP) is -0.542. The van der Waals surface area contributed by atoms with E-state index in [4.69, 9.17) is 37.9 Å². The number of hydrogen-bond acceptors (Lipinski definition) is 13. The zero-order valence-electron chi connectivity index (χ0n) is 21.1. The minimum Gasteiger partial charge on any atom is -0.471 e. The quantitative estimate of drug-likeness (QED) is 0.303. The molecule has 3 N–H and O–H groups in total. The van der Waals surface area contributed by atoms with Gasteiger partial charge in [-0.3, -0.25) is 0 Å². The topological polar surface area (TPSA) is 169 Å². The molecular weight excluding hydrogens is 520 g/mol. The van der Waals surface area contributed by atoms with E-state index in [-0.39, 0.29) is 37.4 Å². The molecule has 13 nitrogen and oxygen atoms in total. The molecule has 13 heteroatoms. The molecule has 212 valence electrons. The first-order valence-corrected chi connectivity index (χ1v) is 12.8. The molecule has 0 radical (unpaired) electrons. The van der Waals surface area contributed by atoms with Gasteiger partial charge in [-0.1, -0.05) is 12.2 Å². The summed E-state index contributed by atoms with van der Waals surface area (Å²) < 4.78 is 45.6. The predicted molar refractivity (Wildman–Crippen MR) is 125 cm³/mol. The molecule has 3 saturated heterocycles. The van der Waals surface area contributed by atoms with Crippen molar-refractivity contribution in [1.82, 2.24) is 0 Å². The second-order valence-corrected chi connectivity index (χ2v) is 10.0. The van der Waals surface area contributed by atoms with Crippen molar-refractivity contribution in [3.05, 3.63) is 47.3 Å². The van der Waals surface area contributed by atoms with Gasteiger partial charge in [0.05, 0.1) is 37.6 Å². The summed E-state index contributed by atoms with van der Waals surface area (Å²) in [4.78, 5) is 24.7. The van der Waals surface area contributed by atoms with Gasteiger partial charge >= 0.3 is 11.9 Å². The lowest BCUT2D eigenvalue weighted by atomic mass is 9.76. The summed E-state index contributed by atoms with van der Waals surface area (Å²) in [6.07, 6.45) is -5.09. The fourth-order valence-corrected chi connectivity index (χ4v) is 5.88. The Morgan fingerprint density at radius 1 is 1.05 bits per heavy atom. The average Bonchev–Trinajstić information content (AvgIpc) is 2.90. The van der Waals surface area contributed by atoms with E-state index >= 15 is 0 Å². The van der Waals surface area contributed by atoms with Crippen molar-refractivity contribution in [2.24, 2.45) is 5.92 Å². The number of carbonyl (C=O) groups is 2. The molecule has 3 fully saturated rings. The van der Waals surface area contributed by atoms with Gasteiger partial charge in [-0.25, -0.2) is 9.59 Å². The summed E-state index contributed by atoms with van der Waals surface area (Å²) in [6.45, 7) is 5.54. The summed E-state index contributed by atoms with van der Waals surface area (Å²) in [5.41, 5.74) is -0.156. The average molecular weight is 551 g/mol. The number of esters is 2. The fraction of sp³-hybridized carbons (Fsp3) is 0.615. The van der Waals surface area contributed by atoms with Crippen molar-refractivity contribution in [3.8, 4) is 0 Å². The fourth-order valence-electron chi connectivity index (χ4n) is 5.88. The lowest BCUT2D eigenvalue weighted by Crippen LogP contribution is -2.64. The van der Waals surface area contributed by atoms with Crippen LogP contribution < -0.4 is 0 Å². The van der Waals surface area contributed by atoms with Crippen molar-refractivity contribution in [2.45, 2.75) is 74.9 Å². The number of hydrogen-bond donors (Lipinski definition) is 3. The van der Waals surface area contributed by atoms with Gasteiger partial charge in [0.1, 0.15) is 35.6 Å². The zero-order valence-corrected chi connectivity index (χ0v) is 21.1. The number of ether oxygens (including phenoxy) is 8. The standard InChI is InChI=1S/C26H30O13/c1-3-11-12-5-7-32-21(30)16(12)24-35-10-15-19(37-22(11)38-24)17(27)18(28)25(36-15)39-23-13(4-2)26(31)6-8-33-20(29)14(26)9-34-23/h3-4,9,13,15,17-19,22-25,27-28,31H,2,5-8,10H2,1H3/t13-,15+,17+,18+,19+,22-,23-,24-,25-,26+/m0/s1. The Hall–Kier alpha value is -2.62. The smallest absolute Gasteiger partial charge is 0.340 e. The van der Waals surface area contributed by atoms with Gasteiger partial charge in [-0.15, -0.1) is 6.58 Å². The monoisotopic (exact) mass is 550 g/mol. The first kappa shape index (κ1) is 26.6. The van der Waals surface area contributed by atoms with Crippen LogP contribution in [0.25, 0.3) is 0 Å². The van der Waals surface area contributed by atoms with Crippen LogP contribution in [0.4, 0.5) is 0 Å². The number of cyclic esters (lactones) is 2. The Kier molecular flexibility index (Phi) is 6.88. The first-order valence-electron chi connectivity index (χ1n) is 12.8. The molecular formula is C26H30O13. The Morgan fingerprint density at radius 2 is 1.85 bits per heavy atom. The second-order valence-electron chi connectivity index (χ2n) is 10.0. The molecule has 0 amide bonds. The van der Waals surface area contributed by atoms with Crippen LogP contribution in [-0.4, -0.2) is 102 Å². The van der Waals surface area contributed by atoms with Gasteiger partial charge in [-0.2, -0.15) is 0 Å². The van der Waals surface area contributed by atoms with Crippen molar-refractivity contribution in [2.75, 3.05) is 19.8 Å². The lowest BCUT2D eigenvalue weighted by molar-refractivity contribution is -0.375. The van der Waals surface area contributed by atoms with Crippen LogP contribution in [0.2, 0.25) is 0 Å². The number of carbonyl (C=O) groups excluding carboxylic acids is 2. The maximum atomic E-state index is 12.5. The van der Waals surface area contributed by atoms with Crippen LogP contribution in [-0.2, 0) is 47.5 Å². The van der Waals surface area contributed by atoms with Crippen molar-refractivity contribution < 1.29 is 62.8 Å². The van der Waals surface area contributed by atoms with Crippen LogP contribution in [0.5, 0.6) is 0 Å². The van der Waals surface area contributed by atoms with Crippen LogP contribution in [0.3, 0.4) is 0 Å². The summed E-state index contributed by atoms with van der Waals surface area (Å²) in [5, 5.41) is 33.3. The van der Waals surface area contributed by atoms with Crippen LogP contribution >= 0.6 is 0 Å². The molecule has 6 rings (SSSR count). The molecule has 0 saturated carbocycles.